The van der Waals surface area contributed by atoms with Crippen LogP contribution in [-0.2, 0) is 9.53 Å². The van der Waals surface area contributed by atoms with Crippen LogP contribution >= 0.6 is 0 Å². The predicted molar refractivity (Wildman–Crippen MR) is 71.9 cm³/mol. The summed E-state index contributed by atoms with van der Waals surface area (Å²) in [4.78, 5) is 25.1. The number of piperidine rings is 1. The first-order valence-electron chi connectivity index (χ1n) is 6.64. The number of likely N-dealkylation sites (tertiary alicyclic amines) is 1. The number of amides is 1. The SMILES string of the molecule is COC(=O)C1CC(C)CN(C(=O)O)C1(C)C(C)(C)C. The van der Waals surface area contributed by atoms with Crippen LogP contribution in [-0.4, -0.2) is 41.3 Å². The van der Waals surface area contributed by atoms with Gasteiger partial charge in [-0.2, -0.15) is 0 Å². The van der Waals surface area contributed by atoms with Crippen molar-refractivity contribution in [1.29, 1.82) is 0 Å². The molecule has 3 atom stereocenters. The maximum Gasteiger partial charge on any atom is 0.407 e. The van der Waals surface area contributed by atoms with Gasteiger partial charge in [-0.1, -0.05) is 27.7 Å². The molecular weight excluding hydrogens is 246 g/mol. The molecule has 1 aliphatic heterocycles. The molecule has 0 aromatic heterocycles. The second-order valence-corrected chi connectivity index (χ2v) is 6.71. The van der Waals surface area contributed by atoms with Crippen LogP contribution < -0.4 is 0 Å². The molecule has 0 spiro atoms. The van der Waals surface area contributed by atoms with E-state index < -0.39 is 17.6 Å². The summed E-state index contributed by atoms with van der Waals surface area (Å²) in [6.45, 7) is 10.2. The molecule has 1 amide bonds. The van der Waals surface area contributed by atoms with Crippen molar-refractivity contribution in [3.8, 4) is 0 Å². The lowest BCUT2D eigenvalue weighted by atomic mass is 9.62. The fourth-order valence-corrected chi connectivity index (χ4v) is 3.07. The van der Waals surface area contributed by atoms with Gasteiger partial charge >= 0.3 is 12.1 Å². The highest BCUT2D eigenvalue weighted by Gasteiger charge is 2.56. The van der Waals surface area contributed by atoms with Crippen molar-refractivity contribution >= 4 is 12.1 Å². The van der Waals surface area contributed by atoms with E-state index in [1.54, 1.807) is 0 Å². The largest absolute Gasteiger partial charge is 0.469 e. The topological polar surface area (TPSA) is 66.8 Å². The van der Waals surface area contributed by atoms with Crippen LogP contribution in [0.5, 0.6) is 0 Å². The van der Waals surface area contributed by atoms with Gasteiger partial charge in [0.25, 0.3) is 0 Å². The standard InChI is InChI=1S/C14H25NO4/c1-9-7-10(11(16)19-6)14(5,13(2,3)4)15(8-9)12(17)18/h9-10H,7-8H2,1-6H3,(H,17,18). The molecule has 1 heterocycles. The number of esters is 1. The zero-order valence-electron chi connectivity index (χ0n) is 12.7. The second-order valence-electron chi connectivity index (χ2n) is 6.71. The molecule has 0 saturated carbocycles. The fraction of sp³-hybridized carbons (Fsp3) is 0.857. The summed E-state index contributed by atoms with van der Waals surface area (Å²) in [5.74, 6) is -0.608. The Morgan fingerprint density at radius 3 is 2.26 bits per heavy atom. The molecule has 5 heteroatoms. The molecule has 0 aliphatic carbocycles. The average molecular weight is 271 g/mol. The molecule has 1 rings (SSSR count). The van der Waals surface area contributed by atoms with Crippen molar-refractivity contribution in [2.75, 3.05) is 13.7 Å². The summed E-state index contributed by atoms with van der Waals surface area (Å²) in [7, 11) is 1.36. The van der Waals surface area contributed by atoms with Gasteiger partial charge in [0.2, 0.25) is 0 Å². The molecule has 1 aliphatic rings. The number of hydrogen-bond donors (Lipinski definition) is 1. The van der Waals surface area contributed by atoms with Crippen molar-refractivity contribution in [3.63, 3.8) is 0 Å². The number of rotatable bonds is 1. The van der Waals surface area contributed by atoms with E-state index >= 15 is 0 Å². The highest BCUT2D eigenvalue weighted by Crippen LogP contribution is 2.47. The minimum absolute atomic E-state index is 0.149. The smallest absolute Gasteiger partial charge is 0.407 e. The van der Waals surface area contributed by atoms with Gasteiger partial charge < -0.3 is 14.7 Å². The number of carbonyl (C=O) groups excluding carboxylic acids is 1. The van der Waals surface area contributed by atoms with E-state index in [1.165, 1.54) is 12.0 Å². The normalized spacial score (nSPS) is 32.0. The highest BCUT2D eigenvalue weighted by atomic mass is 16.5. The molecule has 0 aromatic rings. The molecule has 0 aromatic carbocycles. The number of carboxylic acid groups (broad SMARTS) is 1. The van der Waals surface area contributed by atoms with Crippen LogP contribution in [0.1, 0.15) is 41.0 Å². The van der Waals surface area contributed by atoms with Crippen molar-refractivity contribution < 1.29 is 19.4 Å². The van der Waals surface area contributed by atoms with Crippen LogP contribution in [0, 0.1) is 17.3 Å². The van der Waals surface area contributed by atoms with Gasteiger partial charge in [-0.25, -0.2) is 4.79 Å². The van der Waals surface area contributed by atoms with Crippen LogP contribution in [0.3, 0.4) is 0 Å². The van der Waals surface area contributed by atoms with E-state index in [0.717, 1.165) is 0 Å². The molecule has 3 unspecified atom stereocenters. The third kappa shape index (κ3) is 2.55. The monoisotopic (exact) mass is 271 g/mol. The van der Waals surface area contributed by atoms with E-state index in [2.05, 4.69) is 0 Å². The quantitative estimate of drug-likeness (QED) is 0.744. The molecule has 1 saturated heterocycles. The fourth-order valence-electron chi connectivity index (χ4n) is 3.07. The lowest BCUT2D eigenvalue weighted by Gasteiger charge is -2.56. The van der Waals surface area contributed by atoms with Gasteiger partial charge in [0, 0.05) is 6.54 Å². The minimum Gasteiger partial charge on any atom is -0.469 e. The average Bonchev–Trinajstić information content (AvgIpc) is 2.28. The number of carbonyl (C=O) groups is 2. The second kappa shape index (κ2) is 5.02. The van der Waals surface area contributed by atoms with Gasteiger partial charge in [0.1, 0.15) is 0 Å². The number of nitrogens with zero attached hydrogens (tertiary/aromatic N) is 1. The Labute approximate surface area is 114 Å². The Kier molecular flexibility index (Phi) is 4.17. The van der Waals surface area contributed by atoms with Gasteiger partial charge in [0.15, 0.2) is 0 Å². The van der Waals surface area contributed by atoms with Crippen LogP contribution in [0.15, 0.2) is 0 Å². The van der Waals surface area contributed by atoms with Crippen LogP contribution in [0.25, 0.3) is 0 Å². The number of hydrogen-bond acceptors (Lipinski definition) is 3. The molecule has 1 N–H and O–H groups in total. The Balaban J connectivity index is 3.33. The number of ether oxygens (including phenoxy) is 1. The predicted octanol–water partition coefficient (Wildman–Crippen LogP) is 2.60. The first-order valence-corrected chi connectivity index (χ1v) is 6.64. The molecule has 19 heavy (non-hydrogen) atoms. The van der Waals surface area contributed by atoms with Crippen molar-refractivity contribution in [2.45, 2.75) is 46.6 Å². The summed E-state index contributed by atoms with van der Waals surface area (Å²) in [5, 5.41) is 9.50. The maximum atomic E-state index is 12.1. The molecule has 0 radical (unpaired) electrons. The van der Waals surface area contributed by atoms with Crippen molar-refractivity contribution in [1.82, 2.24) is 4.90 Å². The summed E-state index contributed by atoms with van der Waals surface area (Å²) < 4.78 is 4.90. The lowest BCUT2D eigenvalue weighted by molar-refractivity contribution is -0.161. The molecule has 0 bridgehead atoms. The summed E-state index contributed by atoms with van der Waals surface area (Å²) in [6.07, 6.45) is -0.317. The van der Waals surface area contributed by atoms with Gasteiger partial charge in [-0.05, 0) is 24.7 Å². The van der Waals surface area contributed by atoms with Gasteiger partial charge in [-0.15, -0.1) is 0 Å². The van der Waals surface area contributed by atoms with Gasteiger partial charge in [0.05, 0.1) is 18.6 Å². The highest BCUT2D eigenvalue weighted by molar-refractivity contribution is 5.76. The van der Waals surface area contributed by atoms with Crippen LogP contribution in [0.2, 0.25) is 0 Å². The number of methoxy groups -OCH3 is 1. The zero-order chi connectivity index (χ0) is 15.0. The Bertz CT molecular complexity index is 374. The third-order valence-corrected chi connectivity index (χ3v) is 4.61. The Morgan fingerprint density at radius 2 is 1.89 bits per heavy atom. The molecule has 1 fully saturated rings. The van der Waals surface area contributed by atoms with E-state index in [4.69, 9.17) is 4.74 Å². The summed E-state index contributed by atoms with van der Waals surface area (Å²) in [5.41, 5.74) is -1.12. The zero-order valence-corrected chi connectivity index (χ0v) is 12.7. The summed E-state index contributed by atoms with van der Waals surface area (Å²) in [6, 6.07) is 0. The lowest BCUT2D eigenvalue weighted by Crippen LogP contribution is -2.66. The van der Waals surface area contributed by atoms with E-state index in [0.29, 0.717) is 13.0 Å². The molecule has 5 nitrogen and oxygen atoms in total. The van der Waals surface area contributed by atoms with Gasteiger partial charge in [-0.3, -0.25) is 4.79 Å². The first-order chi connectivity index (χ1) is 8.55. The molecule has 110 valence electrons. The van der Waals surface area contributed by atoms with Crippen molar-refractivity contribution in [2.24, 2.45) is 17.3 Å². The maximum absolute atomic E-state index is 12.1. The Morgan fingerprint density at radius 1 is 1.37 bits per heavy atom. The van der Waals surface area contributed by atoms with E-state index in [-0.39, 0.29) is 17.3 Å². The summed E-state index contributed by atoms with van der Waals surface area (Å²) >= 11 is 0. The minimum atomic E-state index is -0.974. The van der Waals surface area contributed by atoms with E-state index in [9.17, 15) is 14.7 Å². The van der Waals surface area contributed by atoms with Crippen molar-refractivity contribution in [3.05, 3.63) is 0 Å². The van der Waals surface area contributed by atoms with E-state index in [1.807, 2.05) is 34.6 Å². The Hall–Kier alpha value is -1.26. The third-order valence-electron chi connectivity index (χ3n) is 4.61. The first kappa shape index (κ1) is 15.8. The van der Waals surface area contributed by atoms with Crippen LogP contribution in [0.4, 0.5) is 4.79 Å². The molecular formula is C14H25NO4.